The molecule has 0 saturated carbocycles. The normalized spacial score (nSPS) is 24.4. The first kappa shape index (κ1) is 16.0. The number of hydrogen-bond acceptors (Lipinski definition) is 2. The van der Waals surface area contributed by atoms with Crippen LogP contribution in [0.5, 0.6) is 0 Å². The molecule has 2 N–H and O–H groups in total. The number of hydrogen-bond donors (Lipinski definition) is 2. The summed E-state index contributed by atoms with van der Waals surface area (Å²) in [6, 6.07) is -0.477. The summed E-state index contributed by atoms with van der Waals surface area (Å²) >= 11 is 0. The molecule has 108 valence electrons. The third-order valence-electron chi connectivity index (χ3n) is 3.72. The molecule has 0 amide bonds. The Bertz CT molecular complexity index is 365. The van der Waals surface area contributed by atoms with Crippen molar-refractivity contribution < 1.29 is 9.90 Å². The standard InChI is InChI=1S/C16H27NO2/c1-5-16(10-7-6-8-11-16)17-13(14(18)19)9-12-15(2,3)4/h6-8,10,13,17H,5,9,11-12H2,1-4H3,(H,18,19)/t13?,16-/m0/s1. The van der Waals surface area contributed by atoms with E-state index >= 15 is 0 Å². The van der Waals surface area contributed by atoms with Gasteiger partial charge in [0.25, 0.3) is 0 Å². The van der Waals surface area contributed by atoms with Gasteiger partial charge in [-0.1, -0.05) is 52.0 Å². The molecule has 0 aromatic heterocycles. The van der Waals surface area contributed by atoms with Crippen LogP contribution in [0.25, 0.3) is 0 Å². The molecule has 1 rings (SSSR count). The Morgan fingerprint density at radius 3 is 2.53 bits per heavy atom. The molecular formula is C16H27NO2. The molecule has 0 saturated heterocycles. The van der Waals surface area contributed by atoms with Crippen molar-refractivity contribution >= 4 is 5.97 Å². The van der Waals surface area contributed by atoms with Crippen LogP contribution >= 0.6 is 0 Å². The zero-order valence-corrected chi connectivity index (χ0v) is 12.6. The molecule has 1 aliphatic rings. The maximum absolute atomic E-state index is 11.4. The highest BCUT2D eigenvalue weighted by molar-refractivity contribution is 5.73. The maximum atomic E-state index is 11.4. The summed E-state index contributed by atoms with van der Waals surface area (Å²) in [6.07, 6.45) is 11.5. The van der Waals surface area contributed by atoms with Crippen molar-refractivity contribution in [3.8, 4) is 0 Å². The van der Waals surface area contributed by atoms with E-state index < -0.39 is 12.0 Å². The predicted molar refractivity (Wildman–Crippen MR) is 79.2 cm³/mol. The zero-order valence-electron chi connectivity index (χ0n) is 12.6. The molecule has 0 aromatic rings. The second-order valence-electron chi connectivity index (χ2n) is 6.64. The third kappa shape index (κ3) is 5.19. The molecule has 0 spiro atoms. The number of carboxylic acids is 1. The summed E-state index contributed by atoms with van der Waals surface area (Å²) in [4.78, 5) is 11.4. The topological polar surface area (TPSA) is 49.3 Å². The number of allylic oxidation sites excluding steroid dienone is 2. The van der Waals surface area contributed by atoms with E-state index in [2.05, 4.69) is 45.2 Å². The molecular weight excluding hydrogens is 238 g/mol. The van der Waals surface area contributed by atoms with Crippen molar-refractivity contribution in [1.82, 2.24) is 5.32 Å². The second-order valence-corrected chi connectivity index (χ2v) is 6.64. The van der Waals surface area contributed by atoms with Crippen molar-refractivity contribution in [2.24, 2.45) is 5.41 Å². The van der Waals surface area contributed by atoms with Gasteiger partial charge in [0.15, 0.2) is 0 Å². The second kappa shape index (κ2) is 6.38. The monoisotopic (exact) mass is 265 g/mol. The molecule has 0 fully saturated rings. The van der Waals surface area contributed by atoms with E-state index in [-0.39, 0.29) is 11.0 Å². The van der Waals surface area contributed by atoms with E-state index in [0.29, 0.717) is 6.42 Å². The minimum atomic E-state index is -0.750. The van der Waals surface area contributed by atoms with Crippen LogP contribution in [0.4, 0.5) is 0 Å². The van der Waals surface area contributed by atoms with Crippen molar-refractivity contribution in [1.29, 1.82) is 0 Å². The van der Waals surface area contributed by atoms with E-state index in [1.807, 2.05) is 12.2 Å². The van der Waals surface area contributed by atoms with Crippen LogP contribution in [0, 0.1) is 5.41 Å². The third-order valence-corrected chi connectivity index (χ3v) is 3.72. The van der Waals surface area contributed by atoms with Gasteiger partial charge in [-0.05, 0) is 31.1 Å². The minimum absolute atomic E-state index is 0.164. The Balaban J connectivity index is 2.69. The summed E-state index contributed by atoms with van der Waals surface area (Å²) in [6.45, 7) is 8.53. The van der Waals surface area contributed by atoms with Crippen LogP contribution in [0.1, 0.15) is 53.4 Å². The van der Waals surface area contributed by atoms with Gasteiger partial charge < -0.3 is 5.11 Å². The van der Waals surface area contributed by atoms with Gasteiger partial charge in [-0.15, -0.1) is 0 Å². The molecule has 0 bridgehead atoms. The molecule has 3 nitrogen and oxygen atoms in total. The van der Waals surface area contributed by atoms with Gasteiger partial charge in [0.05, 0.1) is 0 Å². The van der Waals surface area contributed by atoms with Crippen LogP contribution in [0.15, 0.2) is 24.3 Å². The lowest BCUT2D eigenvalue weighted by Crippen LogP contribution is -2.52. The summed E-state index contributed by atoms with van der Waals surface area (Å²) in [5, 5.41) is 12.8. The molecule has 0 heterocycles. The fourth-order valence-electron chi connectivity index (χ4n) is 2.32. The maximum Gasteiger partial charge on any atom is 0.320 e. The Hall–Kier alpha value is -1.09. The first-order chi connectivity index (χ1) is 8.78. The van der Waals surface area contributed by atoms with E-state index in [9.17, 15) is 9.90 Å². The first-order valence-corrected chi connectivity index (χ1v) is 7.13. The van der Waals surface area contributed by atoms with E-state index in [1.54, 1.807) is 0 Å². The largest absolute Gasteiger partial charge is 0.480 e. The Labute approximate surface area is 116 Å². The number of rotatable bonds is 6. The lowest BCUT2D eigenvalue weighted by atomic mass is 9.85. The van der Waals surface area contributed by atoms with Crippen molar-refractivity contribution in [3.63, 3.8) is 0 Å². The molecule has 1 unspecified atom stereocenters. The summed E-state index contributed by atoms with van der Waals surface area (Å²) < 4.78 is 0. The van der Waals surface area contributed by atoms with Crippen molar-refractivity contribution in [2.75, 3.05) is 0 Å². The van der Waals surface area contributed by atoms with Gasteiger partial charge in [-0.3, -0.25) is 10.1 Å². The van der Waals surface area contributed by atoms with Gasteiger partial charge in [0, 0.05) is 5.54 Å². The number of carboxylic acid groups (broad SMARTS) is 1. The highest BCUT2D eigenvalue weighted by Gasteiger charge is 2.31. The van der Waals surface area contributed by atoms with Crippen molar-refractivity contribution in [3.05, 3.63) is 24.3 Å². The predicted octanol–water partition coefficient (Wildman–Crippen LogP) is 3.52. The van der Waals surface area contributed by atoms with Gasteiger partial charge in [0.1, 0.15) is 6.04 Å². The molecule has 1 aliphatic carbocycles. The highest BCUT2D eigenvalue weighted by Crippen LogP contribution is 2.26. The Morgan fingerprint density at radius 1 is 1.42 bits per heavy atom. The summed E-state index contributed by atoms with van der Waals surface area (Å²) in [5.74, 6) is -0.750. The SMILES string of the molecule is CC[C@]1(NC(CCC(C)(C)C)C(=O)O)C=CC=CC1. The van der Waals surface area contributed by atoms with Gasteiger partial charge in [-0.25, -0.2) is 0 Å². The van der Waals surface area contributed by atoms with Crippen LogP contribution in [-0.4, -0.2) is 22.7 Å². The quantitative estimate of drug-likeness (QED) is 0.772. The average molecular weight is 265 g/mol. The summed E-state index contributed by atoms with van der Waals surface area (Å²) in [7, 11) is 0. The van der Waals surface area contributed by atoms with Crippen LogP contribution in [0.3, 0.4) is 0 Å². The lowest BCUT2D eigenvalue weighted by Gasteiger charge is -2.35. The van der Waals surface area contributed by atoms with Crippen LogP contribution < -0.4 is 5.32 Å². The van der Waals surface area contributed by atoms with E-state index in [0.717, 1.165) is 19.3 Å². The fourth-order valence-corrected chi connectivity index (χ4v) is 2.32. The summed E-state index contributed by atoms with van der Waals surface area (Å²) in [5.41, 5.74) is -0.0350. The smallest absolute Gasteiger partial charge is 0.320 e. The minimum Gasteiger partial charge on any atom is -0.480 e. The van der Waals surface area contributed by atoms with Gasteiger partial charge >= 0.3 is 5.97 Å². The Morgan fingerprint density at radius 2 is 2.11 bits per heavy atom. The molecule has 0 radical (unpaired) electrons. The number of carbonyl (C=O) groups is 1. The molecule has 0 aromatic carbocycles. The average Bonchev–Trinajstić information content (AvgIpc) is 2.34. The Kier molecular flexibility index (Phi) is 5.36. The van der Waals surface area contributed by atoms with Crippen LogP contribution in [-0.2, 0) is 4.79 Å². The van der Waals surface area contributed by atoms with E-state index in [1.165, 1.54) is 0 Å². The highest BCUT2D eigenvalue weighted by atomic mass is 16.4. The molecule has 3 heteroatoms. The molecule has 0 aliphatic heterocycles. The molecule has 19 heavy (non-hydrogen) atoms. The fraction of sp³-hybridized carbons (Fsp3) is 0.688. The molecule has 2 atom stereocenters. The van der Waals surface area contributed by atoms with Crippen LogP contribution in [0.2, 0.25) is 0 Å². The number of aliphatic carboxylic acids is 1. The first-order valence-electron chi connectivity index (χ1n) is 7.13. The lowest BCUT2D eigenvalue weighted by molar-refractivity contribution is -0.140. The number of nitrogens with one attached hydrogen (secondary N) is 1. The van der Waals surface area contributed by atoms with Crippen molar-refractivity contribution in [2.45, 2.75) is 65.0 Å². The van der Waals surface area contributed by atoms with Gasteiger partial charge in [0.2, 0.25) is 0 Å². The van der Waals surface area contributed by atoms with E-state index in [4.69, 9.17) is 0 Å². The van der Waals surface area contributed by atoms with Gasteiger partial charge in [-0.2, -0.15) is 0 Å². The zero-order chi connectivity index (χ0) is 14.5.